The molecule has 0 amide bonds. The molecule has 0 bridgehead atoms. The van der Waals surface area contributed by atoms with Gasteiger partial charge in [-0.05, 0) is 80.2 Å². The van der Waals surface area contributed by atoms with Crippen LogP contribution in [0.15, 0.2) is 121 Å². The SMILES string of the molecule is c1ccc2cc(-c3ccc4[nH]c5ccc(-c6ccc7ccccc7c6)cc5c4c3)ccc2c1. The minimum absolute atomic E-state index is 1.17. The number of rotatable bonds is 2. The Morgan fingerprint density at radius 1 is 0.333 bits per heavy atom. The molecule has 0 aliphatic rings. The third-order valence-electron chi connectivity index (χ3n) is 6.76. The van der Waals surface area contributed by atoms with Gasteiger partial charge in [-0.3, -0.25) is 0 Å². The van der Waals surface area contributed by atoms with Crippen molar-refractivity contribution < 1.29 is 0 Å². The summed E-state index contributed by atoms with van der Waals surface area (Å²) in [7, 11) is 0. The van der Waals surface area contributed by atoms with E-state index in [2.05, 4.69) is 126 Å². The van der Waals surface area contributed by atoms with Crippen LogP contribution in [0.3, 0.4) is 0 Å². The van der Waals surface area contributed by atoms with Crippen LogP contribution in [0.5, 0.6) is 0 Å². The smallest absolute Gasteiger partial charge is 0.0465 e. The molecule has 0 spiro atoms. The second-order valence-electron chi connectivity index (χ2n) is 8.77. The number of hydrogen-bond acceptors (Lipinski definition) is 0. The van der Waals surface area contributed by atoms with Gasteiger partial charge in [0.15, 0.2) is 0 Å². The van der Waals surface area contributed by atoms with Crippen LogP contribution in [0.1, 0.15) is 0 Å². The highest BCUT2D eigenvalue weighted by Crippen LogP contribution is 2.34. The number of aromatic amines is 1. The largest absolute Gasteiger partial charge is 0.355 e. The predicted molar refractivity (Wildman–Crippen MR) is 142 cm³/mol. The number of aromatic nitrogens is 1. The Labute approximate surface area is 191 Å². The maximum atomic E-state index is 3.59. The van der Waals surface area contributed by atoms with E-state index in [-0.39, 0.29) is 0 Å². The Balaban J connectivity index is 1.39. The third kappa shape index (κ3) is 3.01. The fourth-order valence-corrected chi connectivity index (χ4v) is 4.99. The van der Waals surface area contributed by atoms with E-state index in [0.717, 1.165) is 0 Å². The number of nitrogens with one attached hydrogen (secondary N) is 1. The van der Waals surface area contributed by atoms with Crippen LogP contribution in [0.4, 0.5) is 0 Å². The first-order valence-corrected chi connectivity index (χ1v) is 11.4. The average molecular weight is 420 g/mol. The Morgan fingerprint density at radius 3 is 1.21 bits per heavy atom. The van der Waals surface area contributed by atoms with Gasteiger partial charge in [0, 0.05) is 21.8 Å². The summed E-state index contributed by atoms with van der Waals surface area (Å²) in [6, 6.07) is 44.0. The zero-order valence-electron chi connectivity index (χ0n) is 18.0. The molecule has 0 saturated carbocycles. The van der Waals surface area contributed by atoms with Gasteiger partial charge < -0.3 is 4.98 Å². The molecule has 6 aromatic carbocycles. The molecule has 0 saturated heterocycles. The van der Waals surface area contributed by atoms with Gasteiger partial charge in [-0.25, -0.2) is 0 Å². The molecular formula is C32H21N. The van der Waals surface area contributed by atoms with E-state index >= 15 is 0 Å². The number of fused-ring (bicyclic) bond motifs is 5. The fraction of sp³-hybridized carbons (Fsp3) is 0. The highest BCUT2D eigenvalue weighted by atomic mass is 14.7. The summed E-state index contributed by atoms with van der Waals surface area (Å²) in [6.07, 6.45) is 0. The minimum Gasteiger partial charge on any atom is -0.355 e. The van der Waals surface area contributed by atoms with E-state index in [1.54, 1.807) is 0 Å². The molecule has 154 valence electrons. The summed E-state index contributed by atoms with van der Waals surface area (Å²) < 4.78 is 0. The van der Waals surface area contributed by atoms with Crippen molar-refractivity contribution in [2.45, 2.75) is 0 Å². The molecule has 1 heterocycles. The first-order chi connectivity index (χ1) is 16.3. The summed E-state index contributed by atoms with van der Waals surface area (Å²) >= 11 is 0. The lowest BCUT2D eigenvalue weighted by Crippen LogP contribution is -1.80. The van der Waals surface area contributed by atoms with Crippen molar-refractivity contribution in [1.82, 2.24) is 4.98 Å². The van der Waals surface area contributed by atoms with Crippen LogP contribution in [0.2, 0.25) is 0 Å². The van der Waals surface area contributed by atoms with Crippen molar-refractivity contribution in [2.24, 2.45) is 0 Å². The molecule has 1 nitrogen and oxygen atoms in total. The van der Waals surface area contributed by atoms with E-state index in [0.29, 0.717) is 0 Å². The molecule has 0 radical (unpaired) electrons. The standard InChI is InChI=1S/C32H21N/c1-3-7-23-17-25(11-9-21(23)5-1)27-13-15-31-29(19-27)30-20-28(14-16-32(30)33-31)26-12-10-22-6-2-4-8-24(22)18-26/h1-20,33H. The summed E-state index contributed by atoms with van der Waals surface area (Å²) in [4.78, 5) is 3.59. The Bertz CT molecular complexity index is 1690. The van der Waals surface area contributed by atoms with Gasteiger partial charge in [-0.1, -0.05) is 84.9 Å². The lowest BCUT2D eigenvalue weighted by Gasteiger charge is -2.06. The van der Waals surface area contributed by atoms with Crippen molar-refractivity contribution in [1.29, 1.82) is 0 Å². The first kappa shape index (κ1) is 18.2. The molecule has 0 unspecified atom stereocenters. The molecule has 1 N–H and O–H groups in total. The molecule has 0 fully saturated rings. The predicted octanol–water partition coefficient (Wildman–Crippen LogP) is 8.96. The molecule has 33 heavy (non-hydrogen) atoms. The molecule has 7 rings (SSSR count). The topological polar surface area (TPSA) is 15.8 Å². The van der Waals surface area contributed by atoms with E-state index in [1.165, 1.54) is 65.6 Å². The zero-order chi connectivity index (χ0) is 21.8. The van der Waals surface area contributed by atoms with Gasteiger partial charge in [-0.2, -0.15) is 0 Å². The summed E-state index contributed by atoms with van der Waals surface area (Å²) in [5, 5.41) is 7.61. The second kappa shape index (κ2) is 7.08. The molecule has 1 aromatic heterocycles. The maximum absolute atomic E-state index is 3.59. The van der Waals surface area contributed by atoms with Crippen LogP contribution in [0, 0.1) is 0 Å². The highest BCUT2D eigenvalue weighted by Gasteiger charge is 2.09. The van der Waals surface area contributed by atoms with Crippen LogP contribution < -0.4 is 0 Å². The van der Waals surface area contributed by atoms with Crippen LogP contribution in [-0.4, -0.2) is 4.98 Å². The van der Waals surface area contributed by atoms with Crippen molar-refractivity contribution in [3.63, 3.8) is 0 Å². The van der Waals surface area contributed by atoms with Gasteiger partial charge in [0.1, 0.15) is 0 Å². The molecule has 0 aliphatic carbocycles. The van der Waals surface area contributed by atoms with Crippen LogP contribution in [0.25, 0.3) is 65.6 Å². The van der Waals surface area contributed by atoms with Gasteiger partial charge in [0.05, 0.1) is 0 Å². The normalized spacial score (nSPS) is 11.6. The molecule has 0 atom stereocenters. The minimum atomic E-state index is 1.17. The number of hydrogen-bond donors (Lipinski definition) is 1. The molecular weight excluding hydrogens is 398 g/mol. The molecule has 0 aliphatic heterocycles. The van der Waals surface area contributed by atoms with E-state index in [1.807, 2.05) is 0 Å². The lowest BCUT2D eigenvalue weighted by atomic mass is 9.98. The average Bonchev–Trinajstić information content (AvgIpc) is 3.25. The fourth-order valence-electron chi connectivity index (χ4n) is 4.99. The summed E-state index contributed by atoms with van der Waals surface area (Å²) in [5.74, 6) is 0. The van der Waals surface area contributed by atoms with E-state index < -0.39 is 0 Å². The van der Waals surface area contributed by atoms with Crippen molar-refractivity contribution in [3.05, 3.63) is 121 Å². The highest BCUT2D eigenvalue weighted by molar-refractivity contribution is 6.10. The van der Waals surface area contributed by atoms with E-state index in [4.69, 9.17) is 0 Å². The summed E-state index contributed by atoms with van der Waals surface area (Å²) in [5.41, 5.74) is 7.32. The maximum Gasteiger partial charge on any atom is 0.0465 e. The van der Waals surface area contributed by atoms with Gasteiger partial charge in [0.2, 0.25) is 0 Å². The van der Waals surface area contributed by atoms with Crippen molar-refractivity contribution in [2.75, 3.05) is 0 Å². The second-order valence-corrected chi connectivity index (χ2v) is 8.77. The Hall–Kier alpha value is -4.36. The summed E-state index contributed by atoms with van der Waals surface area (Å²) in [6.45, 7) is 0. The lowest BCUT2D eigenvalue weighted by molar-refractivity contribution is 1.54. The molecule has 1 heteroatoms. The van der Waals surface area contributed by atoms with Gasteiger partial charge in [-0.15, -0.1) is 0 Å². The van der Waals surface area contributed by atoms with Crippen LogP contribution in [-0.2, 0) is 0 Å². The Kier molecular flexibility index (Phi) is 3.91. The monoisotopic (exact) mass is 419 g/mol. The first-order valence-electron chi connectivity index (χ1n) is 11.4. The number of benzene rings is 6. The van der Waals surface area contributed by atoms with Crippen molar-refractivity contribution >= 4 is 43.4 Å². The number of H-pyrrole nitrogens is 1. The zero-order valence-corrected chi connectivity index (χ0v) is 18.0. The van der Waals surface area contributed by atoms with Gasteiger partial charge >= 0.3 is 0 Å². The molecule has 7 aromatic rings. The van der Waals surface area contributed by atoms with Crippen molar-refractivity contribution in [3.8, 4) is 22.3 Å². The quantitative estimate of drug-likeness (QED) is 0.288. The Morgan fingerprint density at radius 2 is 0.727 bits per heavy atom. The van der Waals surface area contributed by atoms with Crippen LogP contribution >= 0.6 is 0 Å². The third-order valence-corrected chi connectivity index (χ3v) is 6.76. The van der Waals surface area contributed by atoms with E-state index in [9.17, 15) is 0 Å². The van der Waals surface area contributed by atoms with Gasteiger partial charge in [0.25, 0.3) is 0 Å².